The summed E-state index contributed by atoms with van der Waals surface area (Å²) in [5.74, 6) is 0.170. The smallest absolute Gasteiger partial charge is 0.387 e. The minimum absolute atomic E-state index is 0.170. The molecule has 2 aromatic rings. The van der Waals surface area contributed by atoms with Gasteiger partial charge >= 0.3 is 6.61 Å². The topological polar surface area (TPSA) is 22.1 Å². The van der Waals surface area contributed by atoms with E-state index >= 15 is 0 Å². The fraction of sp³-hybridized carbons (Fsp3) is 0.0833. The third-order valence-corrected chi connectivity index (χ3v) is 2.09. The zero-order valence-electron chi connectivity index (χ0n) is 8.31. The first-order valence-corrected chi connectivity index (χ1v) is 4.71. The maximum atomic E-state index is 12.2. The molecule has 1 aromatic carbocycles. The second-order valence-corrected chi connectivity index (χ2v) is 3.11. The Morgan fingerprint density at radius 1 is 1.00 bits per heavy atom. The Hall–Kier alpha value is -1.97. The molecule has 0 unspecified atom stereocenters. The Labute approximate surface area is 91.5 Å². The number of pyridine rings is 1. The van der Waals surface area contributed by atoms with E-state index in [9.17, 15) is 8.78 Å². The summed E-state index contributed by atoms with van der Waals surface area (Å²) in [7, 11) is 0. The van der Waals surface area contributed by atoms with Crippen LogP contribution in [0.5, 0.6) is 5.75 Å². The van der Waals surface area contributed by atoms with Gasteiger partial charge < -0.3 is 4.74 Å². The van der Waals surface area contributed by atoms with E-state index in [1.54, 1.807) is 42.7 Å². The summed E-state index contributed by atoms with van der Waals surface area (Å²) in [6, 6.07) is 10.2. The van der Waals surface area contributed by atoms with Crippen molar-refractivity contribution >= 4 is 0 Å². The molecular formula is C12H9F2NO. The summed E-state index contributed by atoms with van der Waals surface area (Å²) >= 11 is 0. The number of hydrogen-bond donors (Lipinski definition) is 0. The highest BCUT2D eigenvalue weighted by Gasteiger charge is 2.09. The zero-order valence-corrected chi connectivity index (χ0v) is 8.31. The van der Waals surface area contributed by atoms with E-state index < -0.39 is 6.61 Å². The van der Waals surface area contributed by atoms with Crippen LogP contribution in [-0.4, -0.2) is 11.6 Å². The van der Waals surface area contributed by atoms with Gasteiger partial charge in [-0.2, -0.15) is 8.78 Å². The Balaban J connectivity index is 2.41. The molecule has 16 heavy (non-hydrogen) atoms. The van der Waals surface area contributed by atoms with Crippen LogP contribution < -0.4 is 4.74 Å². The van der Waals surface area contributed by atoms with Crippen molar-refractivity contribution < 1.29 is 13.5 Å². The Bertz CT molecular complexity index is 460. The van der Waals surface area contributed by atoms with Crippen LogP contribution in [0, 0.1) is 0 Å². The molecule has 0 spiro atoms. The van der Waals surface area contributed by atoms with Crippen molar-refractivity contribution in [3.8, 4) is 16.9 Å². The lowest BCUT2D eigenvalue weighted by Crippen LogP contribution is -2.02. The van der Waals surface area contributed by atoms with E-state index in [2.05, 4.69) is 9.72 Å². The number of nitrogens with zero attached hydrogens (tertiary/aromatic N) is 1. The predicted octanol–water partition coefficient (Wildman–Crippen LogP) is 3.35. The first-order valence-electron chi connectivity index (χ1n) is 4.71. The van der Waals surface area contributed by atoms with Crippen LogP contribution in [0.3, 0.4) is 0 Å². The molecule has 0 aliphatic carbocycles. The third kappa shape index (κ3) is 2.34. The predicted molar refractivity (Wildman–Crippen MR) is 56.3 cm³/mol. The molecule has 1 aromatic heterocycles. The van der Waals surface area contributed by atoms with Crippen LogP contribution in [0.1, 0.15) is 0 Å². The SMILES string of the molecule is FC(F)Oc1ccccc1-c1ccncc1. The molecule has 0 aliphatic rings. The van der Waals surface area contributed by atoms with Crippen LogP contribution in [0.15, 0.2) is 48.8 Å². The first kappa shape index (κ1) is 10.5. The minimum atomic E-state index is -2.82. The van der Waals surface area contributed by atoms with Crippen LogP contribution in [0.4, 0.5) is 8.78 Å². The van der Waals surface area contributed by atoms with Gasteiger partial charge in [-0.15, -0.1) is 0 Å². The van der Waals surface area contributed by atoms with E-state index in [1.807, 2.05) is 0 Å². The Morgan fingerprint density at radius 2 is 1.69 bits per heavy atom. The van der Waals surface area contributed by atoms with Gasteiger partial charge in [0, 0.05) is 18.0 Å². The summed E-state index contributed by atoms with van der Waals surface area (Å²) in [5, 5.41) is 0. The second kappa shape index (κ2) is 4.70. The molecule has 0 saturated carbocycles. The monoisotopic (exact) mass is 221 g/mol. The van der Waals surface area contributed by atoms with Gasteiger partial charge in [0.15, 0.2) is 0 Å². The molecule has 0 saturated heterocycles. The summed E-state index contributed by atoms with van der Waals surface area (Å²) in [6.45, 7) is -2.82. The number of halogens is 2. The molecule has 2 rings (SSSR count). The average Bonchev–Trinajstić information content (AvgIpc) is 2.30. The molecule has 0 bridgehead atoms. The van der Waals surface area contributed by atoms with Crippen molar-refractivity contribution in [1.29, 1.82) is 0 Å². The van der Waals surface area contributed by atoms with Crippen molar-refractivity contribution in [2.24, 2.45) is 0 Å². The molecule has 0 N–H and O–H groups in total. The summed E-state index contributed by atoms with van der Waals surface area (Å²) in [5.41, 5.74) is 1.43. The lowest BCUT2D eigenvalue weighted by atomic mass is 10.1. The molecule has 0 fully saturated rings. The zero-order chi connectivity index (χ0) is 11.4. The molecule has 0 aliphatic heterocycles. The van der Waals surface area contributed by atoms with Gasteiger partial charge in [-0.05, 0) is 23.8 Å². The van der Waals surface area contributed by atoms with E-state index in [-0.39, 0.29) is 5.75 Å². The standard InChI is InChI=1S/C12H9F2NO/c13-12(14)16-11-4-2-1-3-10(11)9-5-7-15-8-6-9/h1-8,12H. The highest BCUT2D eigenvalue weighted by atomic mass is 19.3. The quantitative estimate of drug-likeness (QED) is 0.792. The number of alkyl halides is 2. The number of ether oxygens (including phenoxy) is 1. The molecular weight excluding hydrogens is 212 g/mol. The first-order chi connectivity index (χ1) is 7.77. The van der Waals surface area contributed by atoms with Crippen LogP contribution in [0.2, 0.25) is 0 Å². The van der Waals surface area contributed by atoms with Gasteiger partial charge in [0.25, 0.3) is 0 Å². The maximum absolute atomic E-state index is 12.2. The Kier molecular flexibility index (Phi) is 3.10. The molecule has 0 amide bonds. The van der Waals surface area contributed by atoms with Crippen molar-refractivity contribution in [2.75, 3.05) is 0 Å². The van der Waals surface area contributed by atoms with Gasteiger partial charge in [-0.1, -0.05) is 18.2 Å². The van der Waals surface area contributed by atoms with E-state index in [0.717, 1.165) is 5.56 Å². The Morgan fingerprint density at radius 3 is 2.38 bits per heavy atom. The van der Waals surface area contributed by atoms with Crippen molar-refractivity contribution in [1.82, 2.24) is 4.98 Å². The lowest BCUT2D eigenvalue weighted by Gasteiger charge is -2.10. The highest BCUT2D eigenvalue weighted by Crippen LogP contribution is 2.30. The molecule has 0 radical (unpaired) electrons. The van der Waals surface area contributed by atoms with Crippen LogP contribution in [-0.2, 0) is 0 Å². The molecule has 1 heterocycles. The number of benzene rings is 1. The van der Waals surface area contributed by atoms with Crippen molar-refractivity contribution in [3.63, 3.8) is 0 Å². The minimum Gasteiger partial charge on any atom is -0.434 e. The second-order valence-electron chi connectivity index (χ2n) is 3.11. The summed E-state index contributed by atoms with van der Waals surface area (Å²) in [4.78, 5) is 3.87. The maximum Gasteiger partial charge on any atom is 0.387 e. The molecule has 2 nitrogen and oxygen atoms in total. The van der Waals surface area contributed by atoms with E-state index in [0.29, 0.717) is 5.56 Å². The summed E-state index contributed by atoms with van der Waals surface area (Å²) < 4.78 is 28.8. The third-order valence-electron chi connectivity index (χ3n) is 2.09. The van der Waals surface area contributed by atoms with Crippen LogP contribution >= 0.6 is 0 Å². The number of hydrogen-bond acceptors (Lipinski definition) is 2. The normalized spacial score (nSPS) is 10.4. The van der Waals surface area contributed by atoms with Gasteiger partial charge in [0.05, 0.1) is 0 Å². The number of aromatic nitrogens is 1. The van der Waals surface area contributed by atoms with E-state index in [1.165, 1.54) is 6.07 Å². The van der Waals surface area contributed by atoms with Crippen LogP contribution in [0.25, 0.3) is 11.1 Å². The average molecular weight is 221 g/mol. The van der Waals surface area contributed by atoms with Gasteiger partial charge in [0.1, 0.15) is 5.75 Å². The van der Waals surface area contributed by atoms with Gasteiger partial charge in [-0.3, -0.25) is 4.98 Å². The fourth-order valence-corrected chi connectivity index (χ4v) is 1.44. The summed E-state index contributed by atoms with van der Waals surface area (Å²) in [6.07, 6.45) is 3.21. The van der Waals surface area contributed by atoms with E-state index in [4.69, 9.17) is 0 Å². The molecule has 82 valence electrons. The van der Waals surface area contributed by atoms with Crippen molar-refractivity contribution in [2.45, 2.75) is 6.61 Å². The van der Waals surface area contributed by atoms with Gasteiger partial charge in [-0.25, -0.2) is 0 Å². The highest BCUT2D eigenvalue weighted by molar-refractivity contribution is 5.69. The molecule has 4 heteroatoms. The fourth-order valence-electron chi connectivity index (χ4n) is 1.44. The number of rotatable bonds is 3. The van der Waals surface area contributed by atoms with Gasteiger partial charge in [0.2, 0.25) is 0 Å². The largest absolute Gasteiger partial charge is 0.434 e. The van der Waals surface area contributed by atoms with Crippen molar-refractivity contribution in [3.05, 3.63) is 48.8 Å². The number of para-hydroxylation sites is 1. The molecule has 0 atom stereocenters. The lowest BCUT2D eigenvalue weighted by molar-refractivity contribution is -0.0494.